The van der Waals surface area contributed by atoms with Crippen LogP contribution in [0.5, 0.6) is 0 Å². The molecular weight excluding hydrogens is 252 g/mol. The number of aromatic nitrogens is 1. The predicted molar refractivity (Wildman–Crippen MR) is 78.7 cm³/mol. The first-order chi connectivity index (χ1) is 9.75. The van der Waals surface area contributed by atoms with Crippen molar-refractivity contribution in [1.29, 1.82) is 0 Å². The summed E-state index contributed by atoms with van der Waals surface area (Å²) in [6.07, 6.45) is 3.47. The molecule has 2 aromatic rings. The predicted octanol–water partition coefficient (Wildman–Crippen LogP) is 2.32. The van der Waals surface area contributed by atoms with Crippen molar-refractivity contribution in [2.45, 2.75) is 31.4 Å². The molecule has 2 fully saturated rings. The van der Waals surface area contributed by atoms with E-state index >= 15 is 0 Å². The number of anilines is 1. The second-order valence-corrected chi connectivity index (χ2v) is 5.86. The minimum Gasteiger partial charge on any atom is -0.385 e. The van der Waals surface area contributed by atoms with Crippen LogP contribution in [0.1, 0.15) is 25.3 Å². The number of hydrogen-bond acceptors (Lipinski definition) is 3. The molecule has 4 rings (SSSR count). The van der Waals surface area contributed by atoms with Crippen LogP contribution in [0.3, 0.4) is 0 Å². The Morgan fingerprint density at radius 2 is 2.00 bits per heavy atom. The minimum absolute atomic E-state index is 0.0155. The molecule has 1 aliphatic carbocycles. The molecule has 2 N–H and O–H groups in total. The Labute approximate surface area is 117 Å². The van der Waals surface area contributed by atoms with E-state index in [0.29, 0.717) is 11.7 Å². The lowest BCUT2D eigenvalue weighted by Gasteiger charge is -2.23. The lowest BCUT2D eigenvalue weighted by Crippen LogP contribution is -2.32. The molecule has 1 aromatic carbocycles. The van der Waals surface area contributed by atoms with E-state index in [1.165, 1.54) is 12.8 Å². The van der Waals surface area contributed by atoms with Crippen LogP contribution in [0.2, 0.25) is 0 Å². The summed E-state index contributed by atoms with van der Waals surface area (Å²) in [5, 5.41) is 1.65. The van der Waals surface area contributed by atoms with Crippen molar-refractivity contribution in [1.82, 2.24) is 4.57 Å². The lowest BCUT2D eigenvalue weighted by atomic mass is 10.0. The van der Waals surface area contributed by atoms with E-state index in [1.807, 2.05) is 30.3 Å². The number of nitrogens with two attached hydrogens (primary N) is 1. The zero-order valence-corrected chi connectivity index (χ0v) is 11.3. The molecule has 2 unspecified atom stereocenters. The largest absolute Gasteiger partial charge is 0.385 e. The fourth-order valence-corrected chi connectivity index (χ4v) is 3.39. The Hall–Kier alpha value is -1.81. The SMILES string of the molecule is Nc1cc2ccccc2c(=O)n1C1CCOC1C1CC1. The molecule has 0 spiro atoms. The molecule has 4 nitrogen and oxygen atoms in total. The molecular formula is C16H18N2O2. The summed E-state index contributed by atoms with van der Waals surface area (Å²) in [5.74, 6) is 1.16. The summed E-state index contributed by atoms with van der Waals surface area (Å²) in [4.78, 5) is 12.8. The Bertz CT molecular complexity index is 718. The third kappa shape index (κ3) is 1.75. The second-order valence-electron chi connectivity index (χ2n) is 5.86. The van der Waals surface area contributed by atoms with Gasteiger partial charge in [-0.05, 0) is 42.7 Å². The van der Waals surface area contributed by atoms with E-state index in [-0.39, 0.29) is 17.7 Å². The third-order valence-electron chi connectivity index (χ3n) is 4.51. The molecule has 1 saturated heterocycles. The Balaban J connectivity index is 1.88. The van der Waals surface area contributed by atoms with Crippen molar-refractivity contribution in [2.75, 3.05) is 12.3 Å². The van der Waals surface area contributed by atoms with Crippen LogP contribution in [0.4, 0.5) is 5.82 Å². The highest BCUT2D eigenvalue weighted by Gasteiger charge is 2.42. The van der Waals surface area contributed by atoms with Crippen molar-refractivity contribution in [3.8, 4) is 0 Å². The van der Waals surface area contributed by atoms with Gasteiger partial charge < -0.3 is 10.5 Å². The van der Waals surface area contributed by atoms with Gasteiger partial charge in [-0.2, -0.15) is 0 Å². The van der Waals surface area contributed by atoms with Crippen molar-refractivity contribution >= 4 is 16.6 Å². The molecule has 104 valence electrons. The van der Waals surface area contributed by atoms with Gasteiger partial charge in [0.25, 0.3) is 5.56 Å². The van der Waals surface area contributed by atoms with E-state index in [1.54, 1.807) is 4.57 Å². The molecule has 1 saturated carbocycles. The van der Waals surface area contributed by atoms with E-state index in [2.05, 4.69) is 0 Å². The van der Waals surface area contributed by atoms with Gasteiger partial charge in [0.05, 0.1) is 12.1 Å². The molecule has 0 bridgehead atoms. The molecule has 2 atom stereocenters. The van der Waals surface area contributed by atoms with Crippen LogP contribution < -0.4 is 11.3 Å². The summed E-state index contributed by atoms with van der Waals surface area (Å²) < 4.78 is 7.61. The Morgan fingerprint density at radius 1 is 1.20 bits per heavy atom. The van der Waals surface area contributed by atoms with E-state index < -0.39 is 0 Å². The van der Waals surface area contributed by atoms with Crippen molar-refractivity contribution < 1.29 is 4.74 Å². The van der Waals surface area contributed by atoms with Crippen molar-refractivity contribution in [3.63, 3.8) is 0 Å². The number of hydrogen-bond donors (Lipinski definition) is 1. The van der Waals surface area contributed by atoms with Gasteiger partial charge in [-0.1, -0.05) is 18.2 Å². The van der Waals surface area contributed by atoms with Crippen molar-refractivity contribution in [2.24, 2.45) is 5.92 Å². The quantitative estimate of drug-likeness (QED) is 0.911. The fraction of sp³-hybridized carbons (Fsp3) is 0.438. The monoisotopic (exact) mass is 270 g/mol. The van der Waals surface area contributed by atoms with Crippen LogP contribution in [-0.4, -0.2) is 17.3 Å². The molecule has 1 aliphatic heterocycles. The molecule has 4 heteroatoms. The Morgan fingerprint density at radius 3 is 2.80 bits per heavy atom. The standard InChI is InChI=1S/C16H18N2O2/c17-14-9-11-3-1-2-4-12(11)16(19)18(14)13-7-8-20-15(13)10-5-6-10/h1-4,9-10,13,15H,5-8,17H2. The second kappa shape index (κ2) is 4.35. The molecule has 0 radical (unpaired) electrons. The number of pyridine rings is 1. The number of nitrogen functional groups attached to an aromatic ring is 1. The van der Waals surface area contributed by atoms with Gasteiger partial charge in [0.15, 0.2) is 0 Å². The number of nitrogens with zero attached hydrogens (tertiary/aromatic N) is 1. The fourth-order valence-electron chi connectivity index (χ4n) is 3.39. The molecule has 2 heterocycles. The number of benzene rings is 1. The Kier molecular flexibility index (Phi) is 2.60. The van der Waals surface area contributed by atoms with Gasteiger partial charge in [0.2, 0.25) is 0 Å². The maximum absolute atomic E-state index is 12.8. The topological polar surface area (TPSA) is 57.2 Å². The third-order valence-corrected chi connectivity index (χ3v) is 4.51. The van der Waals surface area contributed by atoms with Gasteiger partial charge in [0.1, 0.15) is 5.82 Å². The summed E-state index contributed by atoms with van der Waals surface area (Å²) in [5.41, 5.74) is 6.17. The number of rotatable bonds is 2. The first kappa shape index (κ1) is 12.0. The minimum atomic E-state index is 0.0155. The van der Waals surface area contributed by atoms with Crippen molar-refractivity contribution in [3.05, 3.63) is 40.7 Å². The van der Waals surface area contributed by atoms with Gasteiger partial charge in [-0.25, -0.2) is 0 Å². The molecule has 1 aromatic heterocycles. The zero-order valence-electron chi connectivity index (χ0n) is 11.3. The van der Waals surface area contributed by atoms with Gasteiger partial charge in [-0.15, -0.1) is 0 Å². The highest BCUT2D eigenvalue weighted by atomic mass is 16.5. The van der Waals surface area contributed by atoms with E-state index in [4.69, 9.17) is 10.5 Å². The first-order valence-electron chi connectivity index (χ1n) is 7.27. The van der Waals surface area contributed by atoms with Crippen LogP contribution in [0, 0.1) is 5.92 Å². The average molecular weight is 270 g/mol. The first-order valence-corrected chi connectivity index (χ1v) is 7.27. The highest BCUT2D eigenvalue weighted by molar-refractivity contribution is 5.83. The molecule has 0 amide bonds. The normalized spacial score (nSPS) is 26.2. The van der Waals surface area contributed by atoms with E-state index in [9.17, 15) is 4.79 Å². The van der Waals surface area contributed by atoms with E-state index in [0.717, 1.165) is 23.8 Å². The summed E-state index contributed by atoms with van der Waals surface area (Å²) in [6.45, 7) is 0.727. The van der Waals surface area contributed by atoms with Crippen LogP contribution in [-0.2, 0) is 4.74 Å². The number of ether oxygens (including phenoxy) is 1. The maximum atomic E-state index is 12.8. The average Bonchev–Trinajstić information content (AvgIpc) is 3.18. The van der Waals surface area contributed by atoms with Crippen LogP contribution >= 0.6 is 0 Å². The molecule has 2 aliphatic rings. The van der Waals surface area contributed by atoms with Gasteiger partial charge >= 0.3 is 0 Å². The van der Waals surface area contributed by atoms with Crippen LogP contribution in [0.15, 0.2) is 35.1 Å². The van der Waals surface area contributed by atoms with Crippen LogP contribution in [0.25, 0.3) is 10.8 Å². The summed E-state index contributed by atoms with van der Waals surface area (Å²) >= 11 is 0. The van der Waals surface area contributed by atoms with Gasteiger partial charge in [-0.3, -0.25) is 9.36 Å². The van der Waals surface area contributed by atoms with Gasteiger partial charge in [0, 0.05) is 12.0 Å². The summed E-state index contributed by atoms with van der Waals surface area (Å²) in [6, 6.07) is 9.63. The maximum Gasteiger partial charge on any atom is 0.260 e. The number of fused-ring (bicyclic) bond motifs is 1. The lowest BCUT2D eigenvalue weighted by molar-refractivity contribution is 0.0749. The zero-order chi connectivity index (χ0) is 13.7. The molecule has 20 heavy (non-hydrogen) atoms. The highest BCUT2D eigenvalue weighted by Crippen LogP contribution is 2.43. The summed E-state index contributed by atoms with van der Waals surface area (Å²) in [7, 11) is 0. The smallest absolute Gasteiger partial charge is 0.260 e.